The van der Waals surface area contributed by atoms with E-state index in [1.807, 2.05) is 11.8 Å². The van der Waals surface area contributed by atoms with E-state index < -0.39 is 17.6 Å². The molecule has 0 saturated carbocycles. The molecular formula is C21H24SSi2. The van der Waals surface area contributed by atoms with Gasteiger partial charge in [-0.1, -0.05) is 101 Å². The maximum atomic E-state index is 2.38. The number of hydrogen-bond acceptors (Lipinski definition) is 1. The molecule has 24 heavy (non-hydrogen) atoms. The van der Waals surface area contributed by atoms with Crippen LogP contribution in [0.15, 0.2) is 89.8 Å². The monoisotopic (exact) mass is 364 g/mol. The molecule has 0 bridgehead atoms. The summed E-state index contributed by atoms with van der Waals surface area (Å²) in [5.74, 6) is 0. The van der Waals surface area contributed by atoms with Crippen molar-refractivity contribution in [3.63, 3.8) is 0 Å². The molecule has 0 atom stereocenters. The van der Waals surface area contributed by atoms with Crippen LogP contribution in [0.25, 0.3) is 0 Å². The molecule has 0 heterocycles. The molecule has 0 nitrogen and oxygen atoms in total. The van der Waals surface area contributed by atoms with Crippen LogP contribution in [0, 0.1) is 0 Å². The maximum absolute atomic E-state index is 2.38. The molecule has 0 aliphatic carbocycles. The lowest BCUT2D eigenvalue weighted by atomic mass is 10.4. The normalized spacial score (nSPS) is 11.2. The lowest BCUT2D eigenvalue weighted by molar-refractivity contribution is 1.48. The van der Waals surface area contributed by atoms with Gasteiger partial charge in [0.15, 0.2) is 0 Å². The average Bonchev–Trinajstić information content (AvgIpc) is 2.64. The predicted octanol–water partition coefficient (Wildman–Crippen LogP) is 3.05. The third-order valence-electron chi connectivity index (χ3n) is 4.37. The minimum absolute atomic E-state index is 0.688. The Morgan fingerprint density at radius 2 is 1.12 bits per heavy atom. The first-order chi connectivity index (χ1) is 11.7. The van der Waals surface area contributed by atoms with Gasteiger partial charge in [0.2, 0.25) is 0 Å². The number of benzene rings is 3. The molecule has 0 aromatic heterocycles. The minimum Gasteiger partial charge on any atom is -0.129 e. The fraction of sp³-hybridized carbons (Fsp3) is 0.143. The van der Waals surface area contributed by atoms with E-state index in [2.05, 4.69) is 98.0 Å². The van der Waals surface area contributed by atoms with Crippen LogP contribution in [0.3, 0.4) is 0 Å². The Morgan fingerprint density at radius 3 is 1.58 bits per heavy atom. The van der Waals surface area contributed by atoms with Gasteiger partial charge in [-0.3, -0.25) is 0 Å². The van der Waals surface area contributed by atoms with E-state index in [-0.39, 0.29) is 0 Å². The Balaban J connectivity index is 1.77. The van der Waals surface area contributed by atoms with Gasteiger partial charge in [0.25, 0.3) is 0 Å². The molecule has 0 amide bonds. The first-order valence-electron chi connectivity index (χ1n) is 8.56. The van der Waals surface area contributed by atoms with Crippen molar-refractivity contribution < 1.29 is 0 Å². The van der Waals surface area contributed by atoms with Crippen LogP contribution in [0.2, 0.25) is 13.1 Å². The Labute approximate surface area is 153 Å². The summed E-state index contributed by atoms with van der Waals surface area (Å²) < 4.78 is 0. The minimum atomic E-state index is -1.18. The standard InChI is InChI=1S/C21H24SSi2/c1-23(2)19-15-13-18(14-16-19)22-17-24(20-9-5-3-6-10-20)21-11-7-4-8-12-21/h3-16,23-24H,17H2,1-2H3. The van der Waals surface area contributed by atoms with Gasteiger partial charge in [-0.15, -0.1) is 11.8 Å². The van der Waals surface area contributed by atoms with Gasteiger partial charge in [0.1, 0.15) is 8.80 Å². The van der Waals surface area contributed by atoms with Gasteiger partial charge >= 0.3 is 0 Å². The zero-order valence-corrected chi connectivity index (χ0v) is 17.5. The van der Waals surface area contributed by atoms with Crippen LogP contribution in [-0.4, -0.2) is 23.0 Å². The van der Waals surface area contributed by atoms with Crippen LogP contribution in [0.1, 0.15) is 0 Å². The number of thioether (sulfide) groups is 1. The Bertz CT molecular complexity index is 700. The van der Waals surface area contributed by atoms with Crippen LogP contribution in [0.5, 0.6) is 0 Å². The molecule has 0 aliphatic heterocycles. The summed E-state index contributed by atoms with van der Waals surface area (Å²) in [4.78, 5) is 1.40. The molecule has 0 radical (unpaired) electrons. The second-order valence-electron chi connectivity index (χ2n) is 6.41. The summed E-state index contributed by atoms with van der Waals surface area (Å²) >= 11 is 2.02. The van der Waals surface area contributed by atoms with Crippen molar-refractivity contribution in [3.05, 3.63) is 84.9 Å². The molecule has 0 spiro atoms. The van der Waals surface area contributed by atoms with E-state index in [1.165, 1.54) is 20.6 Å². The summed E-state index contributed by atoms with van der Waals surface area (Å²) in [5.41, 5.74) is 0. The molecule has 122 valence electrons. The zero-order valence-electron chi connectivity index (χ0n) is 14.4. The van der Waals surface area contributed by atoms with Crippen molar-refractivity contribution in [2.24, 2.45) is 0 Å². The van der Waals surface area contributed by atoms with Crippen molar-refractivity contribution in [1.82, 2.24) is 0 Å². The third-order valence-corrected chi connectivity index (χ3v) is 11.1. The van der Waals surface area contributed by atoms with Crippen LogP contribution in [-0.2, 0) is 0 Å². The van der Waals surface area contributed by atoms with Gasteiger partial charge in [0.05, 0.1) is 8.80 Å². The highest BCUT2D eigenvalue weighted by atomic mass is 32.2. The summed E-state index contributed by atoms with van der Waals surface area (Å²) in [6.07, 6.45) is 0. The van der Waals surface area contributed by atoms with Crippen LogP contribution in [0.4, 0.5) is 0 Å². The fourth-order valence-electron chi connectivity index (χ4n) is 2.88. The topological polar surface area (TPSA) is 0 Å². The molecule has 0 saturated heterocycles. The lowest BCUT2D eigenvalue weighted by Crippen LogP contribution is -2.44. The van der Waals surface area contributed by atoms with Gasteiger partial charge in [0, 0.05) is 4.90 Å². The Morgan fingerprint density at radius 1 is 0.625 bits per heavy atom. The highest BCUT2D eigenvalue weighted by Gasteiger charge is 2.16. The Kier molecular flexibility index (Phi) is 6.13. The molecule has 0 aliphatic rings. The zero-order chi connectivity index (χ0) is 16.8. The maximum Gasteiger partial charge on any atom is 0.113 e. The molecule has 3 aromatic carbocycles. The third kappa shape index (κ3) is 4.50. The molecule has 3 aromatic rings. The first kappa shape index (κ1) is 17.3. The van der Waals surface area contributed by atoms with Gasteiger partial charge in [-0.05, 0) is 17.5 Å². The van der Waals surface area contributed by atoms with Gasteiger partial charge in [-0.25, -0.2) is 0 Å². The van der Waals surface area contributed by atoms with E-state index in [1.54, 1.807) is 5.19 Å². The highest BCUT2D eigenvalue weighted by molar-refractivity contribution is 8.00. The van der Waals surface area contributed by atoms with Crippen molar-refractivity contribution in [1.29, 1.82) is 0 Å². The molecule has 0 fully saturated rings. The van der Waals surface area contributed by atoms with Crippen molar-refractivity contribution >= 4 is 44.9 Å². The summed E-state index contributed by atoms with van der Waals surface area (Å²) in [5, 5.41) is 5.82. The number of rotatable bonds is 6. The van der Waals surface area contributed by atoms with E-state index in [9.17, 15) is 0 Å². The smallest absolute Gasteiger partial charge is 0.113 e. The SMILES string of the molecule is C[SiH](C)c1ccc(SC[SiH](c2ccccc2)c2ccccc2)cc1. The van der Waals surface area contributed by atoms with Crippen molar-refractivity contribution in [3.8, 4) is 0 Å². The second-order valence-corrected chi connectivity index (χ2v) is 13.9. The predicted molar refractivity (Wildman–Crippen MR) is 115 cm³/mol. The van der Waals surface area contributed by atoms with Crippen LogP contribution >= 0.6 is 11.8 Å². The summed E-state index contributed by atoms with van der Waals surface area (Å²) in [6, 6.07) is 31.4. The fourth-order valence-corrected chi connectivity index (χ4v) is 8.91. The number of hydrogen-bond donors (Lipinski definition) is 0. The van der Waals surface area contributed by atoms with E-state index >= 15 is 0 Å². The first-order valence-corrected chi connectivity index (χ1v) is 14.4. The molecule has 0 unspecified atom stereocenters. The summed E-state index contributed by atoms with van der Waals surface area (Å²) in [7, 11) is -1.87. The summed E-state index contributed by atoms with van der Waals surface area (Å²) in [6.45, 7) is 4.77. The molecule has 3 rings (SSSR count). The van der Waals surface area contributed by atoms with E-state index in [0.717, 1.165) is 0 Å². The largest absolute Gasteiger partial charge is 0.129 e. The van der Waals surface area contributed by atoms with Crippen molar-refractivity contribution in [2.75, 3.05) is 5.38 Å². The average molecular weight is 365 g/mol. The lowest BCUT2D eigenvalue weighted by Gasteiger charge is -2.16. The quantitative estimate of drug-likeness (QED) is 0.478. The van der Waals surface area contributed by atoms with Crippen molar-refractivity contribution in [2.45, 2.75) is 18.0 Å². The second kappa shape index (κ2) is 8.51. The van der Waals surface area contributed by atoms with Gasteiger partial charge in [-0.2, -0.15) is 0 Å². The van der Waals surface area contributed by atoms with Gasteiger partial charge < -0.3 is 0 Å². The Hall–Kier alpha value is -1.56. The molecule has 3 heteroatoms. The molecular weight excluding hydrogens is 340 g/mol. The van der Waals surface area contributed by atoms with E-state index in [4.69, 9.17) is 0 Å². The van der Waals surface area contributed by atoms with E-state index in [0.29, 0.717) is 0 Å². The molecule has 0 N–H and O–H groups in total. The highest BCUT2D eigenvalue weighted by Crippen LogP contribution is 2.17. The van der Waals surface area contributed by atoms with Crippen LogP contribution < -0.4 is 15.6 Å².